The number of aryl methyl sites for hydroxylation is 1. The molecule has 6 rings (SSSR count). The van der Waals surface area contributed by atoms with Crippen LogP contribution in [0.2, 0.25) is 0 Å². The van der Waals surface area contributed by atoms with E-state index in [1.165, 1.54) is 17.7 Å². The molecule has 0 amide bonds. The number of aromatic nitrogens is 2. The third kappa shape index (κ3) is 6.06. The van der Waals surface area contributed by atoms with Gasteiger partial charge in [-0.25, -0.2) is 13.6 Å². The molecule has 0 radical (unpaired) electrons. The number of ether oxygens (including phenoxy) is 2. The fraction of sp³-hybridized carbons (Fsp3) is 0.257. The number of carboxylic acids is 1. The molecule has 1 aromatic heterocycles. The van der Waals surface area contributed by atoms with Gasteiger partial charge in [0.1, 0.15) is 17.1 Å². The fourth-order valence-electron chi connectivity index (χ4n) is 5.86. The number of carbonyl (C=O) groups is 1. The Kier molecular flexibility index (Phi) is 8.41. The number of imidazole rings is 1. The van der Waals surface area contributed by atoms with E-state index in [1.54, 1.807) is 38.3 Å². The summed E-state index contributed by atoms with van der Waals surface area (Å²) in [5, 5.41) is 9.37. The topological polar surface area (TPSA) is 87.7 Å². The van der Waals surface area contributed by atoms with Gasteiger partial charge >= 0.3 is 5.97 Å². The van der Waals surface area contributed by atoms with E-state index >= 15 is 8.78 Å². The van der Waals surface area contributed by atoms with E-state index in [0.29, 0.717) is 17.0 Å². The first-order valence-electron chi connectivity index (χ1n) is 14.6. The molecule has 0 spiro atoms. The van der Waals surface area contributed by atoms with Gasteiger partial charge in [-0.1, -0.05) is 54.6 Å². The quantitative estimate of drug-likeness (QED) is 0.180. The van der Waals surface area contributed by atoms with E-state index < -0.39 is 17.6 Å². The maximum Gasteiger partial charge on any atom is 0.336 e. The molecule has 1 aliphatic heterocycles. The van der Waals surface area contributed by atoms with Crippen molar-refractivity contribution >= 4 is 17.0 Å². The fourth-order valence-corrected chi connectivity index (χ4v) is 5.86. The molecule has 226 valence electrons. The maximum absolute atomic E-state index is 15.7. The average Bonchev–Trinajstić information content (AvgIpc) is 3.44. The number of benzene rings is 4. The smallest absolute Gasteiger partial charge is 0.336 e. The van der Waals surface area contributed by atoms with Crippen LogP contribution in [0.4, 0.5) is 8.78 Å². The van der Waals surface area contributed by atoms with E-state index in [9.17, 15) is 9.90 Å². The highest BCUT2D eigenvalue weighted by atomic mass is 19.1. The number of rotatable bonds is 9. The minimum atomic E-state index is -1.09. The molecule has 9 heteroatoms. The number of halogens is 2. The molecule has 0 bridgehead atoms. The summed E-state index contributed by atoms with van der Waals surface area (Å²) in [6, 6.07) is 21.4. The number of piperidine rings is 1. The normalized spacial score (nSPS) is 14.3. The summed E-state index contributed by atoms with van der Waals surface area (Å²) in [6.45, 7) is 5.55. The molecule has 0 aliphatic carbocycles. The highest BCUT2D eigenvalue weighted by Crippen LogP contribution is 2.35. The van der Waals surface area contributed by atoms with Crippen LogP contribution >= 0.6 is 0 Å². The number of methoxy groups -OCH3 is 1. The Morgan fingerprint density at radius 2 is 1.64 bits per heavy atom. The zero-order valence-electron chi connectivity index (χ0n) is 24.6. The van der Waals surface area contributed by atoms with Gasteiger partial charge in [0.2, 0.25) is 0 Å². The Morgan fingerprint density at radius 3 is 2.30 bits per heavy atom. The summed E-state index contributed by atoms with van der Waals surface area (Å²) < 4.78 is 41.7. The summed E-state index contributed by atoms with van der Waals surface area (Å²) in [4.78, 5) is 20.9. The number of carboxylic acid groups (broad SMARTS) is 1. The Bertz CT molecular complexity index is 1790. The van der Waals surface area contributed by atoms with Gasteiger partial charge in [0, 0.05) is 19.7 Å². The van der Waals surface area contributed by atoms with Gasteiger partial charge < -0.3 is 24.5 Å². The summed E-state index contributed by atoms with van der Waals surface area (Å²) in [7, 11) is 1.74. The van der Waals surface area contributed by atoms with E-state index in [4.69, 9.17) is 9.47 Å². The molecule has 1 aliphatic rings. The molecular weight excluding hydrogens is 564 g/mol. The Balaban J connectivity index is 1.18. The zero-order chi connectivity index (χ0) is 30.8. The summed E-state index contributed by atoms with van der Waals surface area (Å²) in [5.41, 5.74) is 4.22. The van der Waals surface area contributed by atoms with Crippen molar-refractivity contribution in [3.05, 3.63) is 101 Å². The third-order valence-corrected chi connectivity index (χ3v) is 8.39. The van der Waals surface area contributed by atoms with E-state index in [1.807, 2.05) is 12.1 Å². The first kappa shape index (κ1) is 29.5. The Morgan fingerprint density at radius 1 is 0.977 bits per heavy atom. The van der Waals surface area contributed by atoms with Crippen LogP contribution in [0.5, 0.6) is 11.8 Å². The van der Waals surface area contributed by atoms with Gasteiger partial charge in [0.15, 0.2) is 5.82 Å². The van der Waals surface area contributed by atoms with Crippen molar-refractivity contribution in [2.45, 2.75) is 25.7 Å². The SMILES string of the molecule is COCCN1CCC(c2ccc(-c3ccc(-c4c(F)cc5[nH]c(Oc6ccc(C)c(C(=O)O)c6)nc5c4F)cc3)cc2)CC1. The molecule has 5 aromatic rings. The van der Waals surface area contributed by atoms with Gasteiger partial charge in [-0.05, 0) is 78.7 Å². The largest absolute Gasteiger partial charge is 0.478 e. The highest BCUT2D eigenvalue weighted by molar-refractivity contribution is 5.90. The number of nitrogens with one attached hydrogen (secondary N) is 1. The van der Waals surface area contributed by atoms with Crippen LogP contribution in [0.3, 0.4) is 0 Å². The number of aromatic carboxylic acids is 1. The van der Waals surface area contributed by atoms with Gasteiger partial charge in [-0.15, -0.1) is 0 Å². The average molecular weight is 598 g/mol. The number of hydrogen-bond donors (Lipinski definition) is 2. The molecule has 2 heterocycles. The second kappa shape index (κ2) is 12.6. The standard InChI is InChI=1S/C35H33F2N3O4/c1-21-3-12-27(19-28(21)34(41)42)44-35-38-30-20-29(36)31(32(37)33(30)39-35)26-10-8-23(9-11-26)22-4-6-24(7-5-22)25-13-15-40(16-14-25)17-18-43-2/h3-12,19-20,25H,13-18H2,1-2H3,(H,38,39)(H,41,42). The van der Waals surface area contributed by atoms with Crippen molar-refractivity contribution in [2.24, 2.45) is 0 Å². The molecule has 0 unspecified atom stereocenters. The molecule has 2 N–H and O–H groups in total. The number of hydrogen-bond acceptors (Lipinski definition) is 5. The van der Waals surface area contributed by atoms with Crippen molar-refractivity contribution < 1.29 is 28.2 Å². The number of fused-ring (bicyclic) bond motifs is 1. The van der Waals surface area contributed by atoms with Crippen molar-refractivity contribution in [1.29, 1.82) is 0 Å². The van der Waals surface area contributed by atoms with Gasteiger partial charge in [0.05, 0.1) is 23.3 Å². The monoisotopic (exact) mass is 597 g/mol. The minimum Gasteiger partial charge on any atom is -0.478 e. The van der Waals surface area contributed by atoms with Crippen LogP contribution in [0.1, 0.15) is 40.2 Å². The van der Waals surface area contributed by atoms with Crippen molar-refractivity contribution in [3.63, 3.8) is 0 Å². The van der Waals surface area contributed by atoms with Crippen LogP contribution in [0.15, 0.2) is 72.8 Å². The van der Waals surface area contributed by atoms with Crippen LogP contribution in [-0.4, -0.2) is 59.3 Å². The summed E-state index contributed by atoms with van der Waals surface area (Å²) in [5.74, 6) is -1.90. The molecule has 44 heavy (non-hydrogen) atoms. The molecule has 1 fully saturated rings. The lowest BCUT2D eigenvalue weighted by atomic mass is 9.88. The van der Waals surface area contributed by atoms with Crippen molar-refractivity contribution in [1.82, 2.24) is 14.9 Å². The highest BCUT2D eigenvalue weighted by Gasteiger charge is 2.22. The summed E-state index contributed by atoms with van der Waals surface area (Å²) >= 11 is 0. The minimum absolute atomic E-state index is 0.0761. The van der Waals surface area contributed by atoms with Crippen LogP contribution in [-0.2, 0) is 4.74 Å². The number of nitrogens with zero attached hydrogens (tertiary/aromatic N) is 2. The number of likely N-dealkylation sites (tertiary alicyclic amines) is 1. The van der Waals surface area contributed by atoms with E-state index in [-0.39, 0.29) is 33.9 Å². The summed E-state index contributed by atoms with van der Waals surface area (Å²) in [6.07, 6.45) is 2.25. The predicted octanol–water partition coefficient (Wildman–Crippen LogP) is 7.80. The molecule has 0 atom stereocenters. The second-order valence-corrected chi connectivity index (χ2v) is 11.2. The Labute approximate surface area is 254 Å². The van der Waals surface area contributed by atoms with Gasteiger partial charge in [-0.2, -0.15) is 4.98 Å². The molecule has 0 saturated carbocycles. The maximum atomic E-state index is 15.7. The molecular formula is C35H33F2N3O4. The van der Waals surface area contributed by atoms with Gasteiger partial charge in [-0.3, -0.25) is 0 Å². The van der Waals surface area contributed by atoms with E-state index in [2.05, 4.69) is 39.1 Å². The number of H-pyrrole nitrogens is 1. The number of aromatic amines is 1. The van der Waals surface area contributed by atoms with Crippen LogP contribution in [0.25, 0.3) is 33.3 Å². The van der Waals surface area contributed by atoms with Crippen LogP contribution < -0.4 is 4.74 Å². The van der Waals surface area contributed by atoms with Gasteiger partial charge in [0.25, 0.3) is 6.01 Å². The molecule has 7 nitrogen and oxygen atoms in total. The van der Waals surface area contributed by atoms with Crippen LogP contribution in [0, 0.1) is 18.6 Å². The van der Waals surface area contributed by atoms with Crippen molar-refractivity contribution in [2.75, 3.05) is 33.4 Å². The third-order valence-electron chi connectivity index (χ3n) is 8.39. The van der Waals surface area contributed by atoms with E-state index in [0.717, 1.165) is 50.2 Å². The van der Waals surface area contributed by atoms with Crippen molar-refractivity contribution in [3.8, 4) is 34.0 Å². The Hall–Kier alpha value is -4.60. The molecule has 4 aromatic carbocycles. The first-order valence-corrected chi connectivity index (χ1v) is 14.6. The lowest BCUT2D eigenvalue weighted by molar-refractivity contribution is 0.0695. The molecule has 1 saturated heterocycles. The lowest BCUT2D eigenvalue weighted by Crippen LogP contribution is -2.35. The second-order valence-electron chi connectivity index (χ2n) is 11.2. The zero-order valence-corrected chi connectivity index (χ0v) is 24.6. The lowest BCUT2D eigenvalue weighted by Gasteiger charge is -2.32. The predicted molar refractivity (Wildman–Crippen MR) is 165 cm³/mol. The first-order chi connectivity index (χ1) is 21.3.